The Balaban J connectivity index is 1.31. The van der Waals surface area contributed by atoms with Crippen LogP contribution in [0.4, 0.5) is 17.1 Å². The molecule has 0 unspecified atom stereocenters. The summed E-state index contributed by atoms with van der Waals surface area (Å²) < 4.78 is 7.20. The van der Waals surface area contributed by atoms with E-state index in [9.17, 15) is 0 Å². The van der Waals surface area contributed by atoms with Crippen LogP contribution >= 0.6 is 0 Å². The molecule has 10 rings (SSSR count). The Morgan fingerprint density at radius 2 is 1.04 bits per heavy atom. The standard InChI is InChI=1S/C54H49NO/c1-31(2)38-17-14-18-43-44-27-35(50-33(4)25-32(3)26-34(50)5)28-49(52(44)56-51(38)43)55(36-21-23-41-39-15-10-12-19-45(39)53(6,7)47(41)29-36)37-22-24-42-40-16-11-13-20-46(40)54(8,9)48(42)30-37/h10-31H,1-9H3. The summed E-state index contributed by atoms with van der Waals surface area (Å²) in [6.45, 7) is 20.7. The number of fused-ring (bicyclic) bond motifs is 9. The van der Waals surface area contributed by atoms with E-state index in [-0.39, 0.29) is 10.8 Å². The number of anilines is 3. The maximum absolute atomic E-state index is 7.20. The van der Waals surface area contributed by atoms with Crippen LogP contribution in [-0.2, 0) is 10.8 Å². The lowest BCUT2D eigenvalue weighted by molar-refractivity contribution is 0.656. The topological polar surface area (TPSA) is 16.4 Å². The number of nitrogens with zero attached hydrogens (tertiary/aromatic N) is 1. The second-order valence-corrected chi connectivity index (χ2v) is 17.8. The van der Waals surface area contributed by atoms with Crippen molar-refractivity contribution in [1.29, 1.82) is 0 Å². The molecule has 2 heteroatoms. The van der Waals surface area contributed by atoms with Gasteiger partial charge in [0.15, 0.2) is 5.58 Å². The van der Waals surface area contributed by atoms with Crippen LogP contribution in [0.15, 0.2) is 132 Å². The van der Waals surface area contributed by atoms with Crippen molar-refractivity contribution in [3.8, 4) is 33.4 Å². The van der Waals surface area contributed by atoms with Gasteiger partial charge in [-0.2, -0.15) is 0 Å². The number of furan rings is 1. The van der Waals surface area contributed by atoms with Gasteiger partial charge in [0.2, 0.25) is 0 Å². The summed E-state index contributed by atoms with van der Waals surface area (Å²) in [6, 6.07) is 48.1. The Hall–Kier alpha value is -5.86. The first-order valence-corrected chi connectivity index (χ1v) is 20.2. The fraction of sp³-hybridized carbons (Fsp3) is 0.222. The maximum atomic E-state index is 7.20. The number of para-hydroxylation sites is 1. The van der Waals surface area contributed by atoms with Crippen LogP contribution in [0.1, 0.15) is 92.0 Å². The zero-order chi connectivity index (χ0) is 38.8. The highest BCUT2D eigenvalue weighted by atomic mass is 16.3. The lowest BCUT2D eigenvalue weighted by atomic mass is 9.82. The van der Waals surface area contributed by atoms with E-state index in [1.54, 1.807) is 0 Å². The zero-order valence-electron chi connectivity index (χ0n) is 34.1. The molecule has 0 N–H and O–H groups in total. The van der Waals surface area contributed by atoms with Gasteiger partial charge in [0.1, 0.15) is 5.58 Å². The monoisotopic (exact) mass is 727 g/mol. The first kappa shape index (κ1) is 34.6. The van der Waals surface area contributed by atoms with Crippen molar-refractivity contribution < 1.29 is 4.42 Å². The fourth-order valence-electron chi connectivity index (χ4n) is 10.4. The molecule has 7 aromatic carbocycles. The number of aryl methyl sites for hydroxylation is 3. The lowest BCUT2D eigenvalue weighted by Crippen LogP contribution is -2.18. The van der Waals surface area contributed by atoms with Gasteiger partial charge < -0.3 is 9.32 Å². The molecule has 56 heavy (non-hydrogen) atoms. The van der Waals surface area contributed by atoms with Crippen molar-refractivity contribution in [3.63, 3.8) is 0 Å². The van der Waals surface area contributed by atoms with E-state index in [2.05, 4.69) is 195 Å². The van der Waals surface area contributed by atoms with Gasteiger partial charge in [-0.05, 0) is 135 Å². The molecular weight excluding hydrogens is 679 g/mol. The molecule has 0 saturated heterocycles. The molecule has 2 aliphatic rings. The minimum Gasteiger partial charge on any atom is -0.454 e. The summed E-state index contributed by atoms with van der Waals surface area (Å²) in [5.41, 5.74) is 23.2. The Kier molecular flexibility index (Phi) is 7.46. The minimum atomic E-state index is -0.145. The highest BCUT2D eigenvalue weighted by molar-refractivity contribution is 6.13. The van der Waals surface area contributed by atoms with E-state index < -0.39 is 0 Å². The van der Waals surface area contributed by atoms with Crippen LogP contribution in [0.5, 0.6) is 0 Å². The van der Waals surface area contributed by atoms with Crippen molar-refractivity contribution in [2.45, 2.75) is 79.1 Å². The molecule has 0 atom stereocenters. The summed E-state index contributed by atoms with van der Waals surface area (Å²) in [7, 11) is 0. The molecule has 2 nitrogen and oxygen atoms in total. The average molecular weight is 728 g/mol. The first-order valence-electron chi connectivity index (χ1n) is 20.2. The third-order valence-corrected chi connectivity index (χ3v) is 13.1. The quantitative estimate of drug-likeness (QED) is 0.175. The molecule has 0 fully saturated rings. The van der Waals surface area contributed by atoms with E-state index in [0.29, 0.717) is 5.92 Å². The molecule has 8 aromatic rings. The van der Waals surface area contributed by atoms with Crippen LogP contribution in [0.3, 0.4) is 0 Å². The Morgan fingerprint density at radius 3 is 1.59 bits per heavy atom. The number of hydrogen-bond acceptors (Lipinski definition) is 2. The second kappa shape index (κ2) is 12.1. The largest absolute Gasteiger partial charge is 0.454 e. The number of hydrogen-bond donors (Lipinski definition) is 0. The molecule has 0 radical (unpaired) electrons. The highest BCUT2D eigenvalue weighted by Gasteiger charge is 2.38. The van der Waals surface area contributed by atoms with Crippen molar-refractivity contribution in [2.75, 3.05) is 4.90 Å². The maximum Gasteiger partial charge on any atom is 0.159 e. The van der Waals surface area contributed by atoms with Gasteiger partial charge in [0, 0.05) is 33.0 Å². The molecule has 276 valence electrons. The third-order valence-electron chi connectivity index (χ3n) is 13.1. The molecule has 0 bridgehead atoms. The van der Waals surface area contributed by atoms with E-state index in [0.717, 1.165) is 39.0 Å². The Labute approximate surface area is 331 Å². The molecular formula is C54H49NO. The molecule has 0 saturated carbocycles. The minimum absolute atomic E-state index is 0.145. The molecule has 0 aliphatic heterocycles. The van der Waals surface area contributed by atoms with E-state index in [4.69, 9.17) is 4.42 Å². The second-order valence-electron chi connectivity index (χ2n) is 17.8. The van der Waals surface area contributed by atoms with Gasteiger partial charge in [-0.15, -0.1) is 0 Å². The predicted molar refractivity (Wildman–Crippen MR) is 237 cm³/mol. The van der Waals surface area contributed by atoms with Crippen LogP contribution in [-0.4, -0.2) is 0 Å². The van der Waals surface area contributed by atoms with E-state index in [1.165, 1.54) is 77.9 Å². The summed E-state index contributed by atoms with van der Waals surface area (Å²) >= 11 is 0. The fourth-order valence-corrected chi connectivity index (χ4v) is 10.4. The van der Waals surface area contributed by atoms with Gasteiger partial charge in [-0.3, -0.25) is 0 Å². The normalized spacial score (nSPS) is 14.6. The van der Waals surface area contributed by atoms with Crippen molar-refractivity contribution in [1.82, 2.24) is 0 Å². The Morgan fingerprint density at radius 1 is 0.500 bits per heavy atom. The van der Waals surface area contributed by atoms with Gasteiger partial charge >= 0.3 is 0 Å². The van der Waals surface area contributed by atoms with Gasteiger partial charge in [-0.1, -0.05) is 138 Å². The first-order chi connectivity index (χ1) is 26.8. The zero-order valence-corrected chi connectivity index (χ0v) is 34.1. The SMILES string of the molecule is Cc1cc(C)c(-c2cc(N(c3ccc4c(c3)C(C)(C)c3ccccc3-4)c3ccc4c(c3)C(C)(C)c3ccccc3-4)c3oc4c(C(C)C)cccc4c3c2)c(C)c1. The summed E-state index contributed by atoms with van der Waals surface area (Å²) in [4.78, 5) is 2.49. The van der Waals surface area contributed by atoms with Gasteiger partial charge in [0.05, 0.1) is 5.69 Å². The average Bonchev–Trinajstić information content (AvgIpc) is 3.74. The molecule has 2 aliphatic carbocycles. The van der Waals surface area contributed by atoms with Gasteiger partial charge in [0.25, 0.3) is 0 Å². The number of benzene rings is 7. The lowest BCUT2D eigenvalue weighted by Gasteiger charge is -2.30. The Bertz CT molecular complexity index is 2800. The predicted octanol–water partition coefficient (Wildman–Crippen LogP) is 15.4. The molecule has 1 heterocycles. The third kappa shape index (κ3) is 4.87. The summed E-state index contributed by atoms with van der Waals surface area (Å²) in [6.07, 6.45) is 0. The van der Waals surface area contributed by atoms with Crippen molar-refractivity contribution >= 4 is 39.0 Å². The molecule has 0 spiro atoms. The van der Waals surface area contributed by atoms with Crippen LogP contribution in [0.25, 0.3) is 55.3 Å². The highest BCUT2D eigenvalue weighted by Crippen LogP contribution is 2.54. The van der Waals surface area contributed by atoms with Gasteiger partial charge in [-0.25, -0.2) is 0 Å². The molecule has 1 aromatic heterocycles. The van der Waals surface area contributed by atoms with Crippen molar-refractivity contribution in [2.24, 2.45) is 0 Å². The summed E-state index contributed by atoms with van der Waals surface area (Å²) in [5, 5.41) is 2.30. The summed E-state index contributed by atoms with van der Waals surface area (Å²) in [5.74, 6) is 0.320. The van der Waals surface area contributed by atoms with Crippen LogP contribution < -0.4 is 4.90 Å². The molecule has 0 amide bonds. The van der Waals surface area contributed by atoms with Crippen molar-refractivity contribution in [3.05, 3.63) is 172 Å². The van der Waals surface area contributed by atoms with Crippen LogP contribution in [0.2, 0.25) is 0 Å². The smallest absolute Gasteiger partial charge is 0.159 e. The van der Waals surface area contributed by atoms with Crippen LogP contribution in [0, 0.1) is 20.8 Å². The number of rotatable bonds is 5. The van der Waals surface area contributed by atoms with E-state index >= 15 is 0 Å². The van der Waals surface area contributed by atoms with E-state index in [1.807, 2.05) is 0 Å².